The van der Waals surface area contributed by atoms with Crippen LogP contribution in [0.5, 0.6) is 0 Å². The first-order chi connectivity index (χ1) is 6.27. The Morgan fingerprint density at radius 1 is 1.38 bits per heavy atom. The number of benzene rings is 1. The van der Waals surface area contributed by atoms with Crippen LogP contribution in [0.1, 0.15) is 0 Å². The summed E-state index contributed by atoms with van der Waals surface area (Å²) in [6.07, 6.45) is 1.79. The normalized spacial score (nSPS) is 10.3. The van der Waals surface area contributed by atoms with Crippen LogP contribution in [0.2, 0.25) is 5.02 Å². The Balaban J connectivity index is 2.53. The number of hydrogen-bond donors (Lipinski definition) is 0. The summed E-state index contributed by atoms with van der Waals surface area (Å²) in [5.74, 6) is 0. The highest BCUT2D eigenvalue weighted by molar-refractivity contribution is 9.10. The molecule has 0 amide bonds. The molecule has 1 aromatic carbocycles. The first kappa shape index (κ1) is 9.19. The molecule has 0 N–H and O–H groups in total. The van der Waals surface area contributed by atoms with Crippen LogP contribution < -0.4 is 0 Å². The van der Waals surface area contributed by atoms with Crippen LogP contribution in [0, 0.1) is 0 Å². The molecular weight excluding hydrogens is 270 g/mol. The second-order valence-electron chi connectivity index (χ2n) is 2.46. The standard InChI is InChI=1S/C9H5BrClNS/c10-8-5-6(11)1-2-7(8)9-12-3-4-13-9/h1-5H. The molecular formula is C9H5BrClNS. The van der Waals surface area contributed by atoms with Gasteiger partial charge < -0.3 is 0 Å². The van der Waals surface area contributed by atoms with E-state index >= 15 is 0 Å². The van der Waals surface area contributed by atoms with Crippen LogP contribution in [0.15, 0.2) is 34.2 Å². The molecule has 0 atom stereocenters. The van der Waals surface area contributed by atoms with Crippen LogP contribution in [0.4, 0.5) is 0 Å². The summed E-state index contributed by atoms with van der Waals surface area (Å²) >= 11 is 10.9. The molecule has 0 aliphatic carbocycles. The lowest BCUT2D eigenvalue weighted by Gasteiger charge is -1.99. The molecule has 0 fully saturated rings. The predicted molar refractivity (Wildman–Crippen MR) is 60.3 cm³/mol. The Morgan fingerprint density at radius 3 is 2.85 bits per heavy atom. The Hall–Kier alpha value is -0.380. The monoisotopic (exact) mass is 273 g/mol. The molecule has 2 rings (SSSR count). The van der Waals surface area contributed by atoms with Crippen molar-refractivity contribution in [2.75, 3.05) is 0 Å². The molecule has 0 spiro atoms. The van der Waals surface area contributed by atoms with Crippen molar-refractivity contribution in [2.24, 2.45) is 0 Å². The van der Waals surface area contributed by atoms with Gasteiger partial charge in [-0.3, -0.25) is 0 Å². The Bertz CT molecular complexity index is 414. The van der Waals surface area contributed by atoms with Gasteiger partial charge in [-0.15, -0.1) is 11.3 Å². The number of hydrogen-bond acceptors (Lipinski definition) is 2. The molecule has 0 aliphatic rings. The first-order valence-electron chi connectivity index (χ1n) is 3.62. The molecule has 0 bridgehead atoms. The van der Waals surface area contributed by atoms with Crippen molar-refractivity contribution >= 4 is 38.9 Å². The van der Waals surface area contributed by atoms with E-state index in [4.69, 9.17) is 11.6 Å². The van der Waals surface area contributed by atoms with Gasteiger partial charge in [0, 0.05) is 26.6 Å². The molecule has 13 heavy (non-hydrogen) atoms. The fourth-order valence-electron chi connectivity index (χ4n) is 1.02. The van der Waals surface area contributed by atoms with Crippen molar-refractivity contribution in [2.45, 2.75) is 0 Å². The van der Waals surface area contributed by atoms with E-state index in [1.807, 2.05) is 23.6 Å². The topological polar surface area (TPSA) is 12.9 Å². The van der Waals surface area contributed by atoms with Crippen molar-refractivity contribution in [3.63, 3.8) is 0 Å². The van der Waals surface area contributed by atoms with E-state index in [2.05, 4.69) is 20.9 Å². The Labute approximate surface area is 93.5 Å². The van der Waals surface area contributed by atoms with Gasteiger partial charge in [0.15, 0.2) is 0 Å². The zero-order valence-electron chi connectivity index (χ0n) is 6.50. The third-order valence-electron chi connectivity index (χ3n) is 1.59. The molecule has 1 heterocycles. The van der Waals surface area contributed by atoms with E-state index in [1.54, 1.807) is 17.5 Å². The maximum Gasteiger partial charge on any atom is 0.124 e. The number of rotatable bonds is 1. The molecule has 0 saturated carbocycles. The summed E-state index contributed by atoms with van der Waals surface area (Å²) in [6, 6.07) is 5.70. The van der Waals surface area contributed by atoms with Crippen molar-refractivity contribution in [1.82, 2.24) is 4.98 Å². The second kappa shape index (κ2) is 3.78. The van der Waals surface area contributed by atoms with Gasteiger partial charge in [0.25, 0.3) is 0 Å². The van der Waals surface area contributed by atoms with Crippen molar-refractivity contribution in [3.05, 3.63) is 39.3 Å². The maximum atomic E-state index is 5.83. The fraction of sp³-hybridized carbons (Fsp3) is 0. The van der Waals surface area contributed by atoms with Crippen LogP contribution in [0.25, 0.3) is 10.6 Å². The van der Waals surface area contributed by atoms with Gasteiger partial charge in [-0.2, -0.15) is 0 Å². The summed E-state index contributed by atoms with van der Waals surface area (Å²) in [7, 11) is 0. The number of thiazole rings is 1. The fourth-order valence-corrected chi connectivity index (χ4v) is 2.70. The zero-order chi connectivity index (χ0) is 9.26. The summed E-state index contributed by atoms with van der Waals surface area (Å²) in [5.41, 5.74) is 1.08. The van der Waals surface area contributed by atoms with Crippen LogP contribution in [-0.2, 0) is 0 Å². The minimum Gasteiger partial charge on any atom is -0.245 e. The molecule has 1 nitrogen and oxygen atoms in total. The molecule has 4 heteroatoms. The minimum absolute atomic E-state index is 0.729. The number of nitrogens with zero attached hydrogens (tertiary/aromatic N) is 1. The minimum atomic E-state index is 0.729. The molecule has 2 aromatic rings. The highest BCUT2D eigenvalue weighted by Crippen LogP contribution is 2.31. The lowest BCUT2D eigenvalue weighted by atomic mass is 10.2. The van der Waals surface area contributed by atoms with Gasteiger partial charge in [0.2, 0.25) is 0 Å². The molecule has 0 aliphatic heterocycles. The third kappa shape index (κ3) is 1.93. The zero-order valence-corrected chi connectivity index (χ0v) is 9.66. The smallest absolute Gasteiger partial charge is 0.124 e. The summed E-state index contributed by atoms with van der Waals surface area (Å²) in [6.45, 7) is 0. The Kier molecular flexibility index (Phi) is 2.67. The molecule has 0 unspecified atom stereocenters. The molecule has 1 aromatic heterocycles. The highest BCUT2D eigenvalue weighted by atomic mass is 79.9. The molecule has 0 radical (unpaired) electrons. The highest BCUT2D eigenvalue weighted by Gasteiger charge is 2.04. The van der Waals surface area contributed by atoms with Gasteiger partial charge in [0.05, 0.1) is 0 Å². The van der Waals surface area contributed by atoms with Gasteiger partial charge in [0.1, 0.15) is 5.01 Å². The summed E-state index contributed by atoms with van der Waals surface area (Å²) < 4.78 is 0.981. The van der Waals surface area contributed by atoms with Crippen LogP contribution in [0.3, 0.4) is 0 Å². The van der Waals surface area contributed by atoms with Crippen molar-refractivity contribution in [3.8, 4) is 10.6 Å². The lowest BCUT2D eigenvalue weighted by molar-refractivity contribution is 1.41. The van der Waals surface area contributed by atoms with E-state index in [1.165, 1.54) is 0 Å². The molecule has 66 valence electrons. The van der Waals surface area contributed by atoms with Crippen LogP contribution >= 0.6 is 38.9 Å². The van der Waals surface area contributed by atoms with E-state index < -0.39 is 0 Å². The summed E-state index contributed by atoms with van der Waals surface area (Å²) in [4.78, 5) is 4.22. The SMILES string of the molecule is Clc1ccc(-c2nccs2)c(Br)c1. The number of aromatic nitrogens is 1. The first-order valence-corrected chi connectivity index (χ1v) is 5.67. The van der Waals surface area contributed by atoms with Gasteiger partial charge in [-0.25, -0.2) is 4.98 Å². The van der Waals surface area contributed by atoms with Crippen molar-refractivity contribution < 1.29 is 0 Å². The maximum absolute atomic E-state index is 5.83. The lowest BCUT2D eigenvalue weighted by Crippen LogP contribution is -1.77. The van der Waals surface area contributed by atoms with Crippen LogP contribution in [-0.4, -0.2) is 4.98 Å². The second-order valence-corrected chi connectivity index (χ2v) is 4.65. The quantitative estimate of drug-likeness (QED) is 0.758. The average Bonchev–Trinajstić information content (AvgIpc) is 2.56. The third-order valence-corrected chi connectivity index (χ3v) is 3.29. The van der Waals surface area contributed by atoms with E-state index in [0.29, 0.717) is 0 Å². The van der Waals surface area contributed by atoms with Gasteiger partial charge >= 0.3 is 0 Å². The van der Waals surface area contributed by atoms with E-state index in [9.17, 15) is 0 Å². The van der Waals surface area contributed by atoms with Crippen molar-refractivity contribution in [1.29, 1.82) is 0 Å². The largest absolute Gasteiger partial charge is 0.245 e. The van der Waals surface area contributed by atoms with E-state index in [-0.39, 0.29) is 0 Å². The summed E-state index contributed by atoms with van der Waals surface area (Å²) in [5, 5.41) is 3.69. The average molecular weight is 275 g/mol. The predicted octanol–water partition coefficient (Wildman–Crippen LogP) is 4.23. The number of halogens is 2. The van der Waals surface area contributed by atoms with Gasteiger partial charge in [-0.1, -0.05) is 27.5 Å². The molecule has 0 saturated heterocycles. The van der Waals surface area contributed by atoms with E-state index in [0.717, 1.165) is 20.1 Å². The Morgan fingerprint density at radius 2 is 2.23 bits per heavy atom. The van der Waals surface area contributed by atoms with Gasteiger partial charge in [-0.05, 0) is 18.2 Å².